The molecule has 0 aliphatic heterocycles. The van der Waals surface area contributed by atoms with Crippen LogP contribution in [0.5, 0.6) is 5.75 Å². The van der Waals surface area contributed by atoms with Crippen molar-refractivity contribution >= 4 is 0 Å². The van der Waals surface area contributed by atoms with E-state index in [0.717, 1.165) is 24.2 Å². The fourth-order valence-electron chi connectivity index (χ4n) is 1.64. The zero-order valence-corrected chi connectivity index (χ0v) is 11.2. The first kappa shape index (κ1) is 14.7. The molecule has 100 valence electrons. The van der Waals surface area contributed by atoms with E-state index >= 15 is 0 Å². The summed E-state index contributed by atoms with van der Waals surface area (Å²) in [5, 5.41) is 0. The highest BCUT2D eigenvalue weighted by atomic mass is 16.5. The Labute approximate surface area is 109 Å². The summed E-state index contributed by atoms with van der Waals surface area (Å²) in [5.74, 6) is 0.865. The van der Waals surface area contributed by atoms with Crippen LogP contribution >= 0.6 is 0 Å². The first-order valence-corrected chi connectivity index (χ1v) is 6.14. The Bertz CT molecular complexity index is 332. The Balaban J connectivity index is 2.22. The standard InChI is InChI=1S/C15H22O3/c1-4-5-14(16-2)10-11-18-12-13-6-8-15(17-3)9-7-13/h4,6-9,14H,1,5,10-12H2,2-3H3/t14-/m1/s1. The van der Waals surface area contributed by atoms with Crippen molar-refractivity contribution in [2.75, 3.05) is 20.8 Å². The van der Waals surface area contributed by atoms with Crippen LogP contribution in [0, 0.1) is 0 Å². The molecule has 0 amide bonds. The maximum atomic E-state index is 5.62. The van der Waals surface area contributed by atoms with E-state index in [0.29, 0.717) is 13.2 Å². The Morgan fingerprint density at radius 1 is 1.22 bits per heavy atom. The Morgan fingerprint density at radius 3 is 2.50 bits per heavy atom. The largest absolute Gasteiger partial charge is 0.497 e. The zero-order valence-electron chi connectivity index (χ0n) is 11.2. The molecule has 3 heteroatoms. The summed E-state index contributed by atoms with van der Waals surface area (Å²) in [6.45, 7) is 5.02. The van der Waals surface area contributed by atoms with E-state index in [1.807, 2.05) is 30.3 Å². The molecule has 0 aliphatic carbocycles. The molecule has 0 aliphatic rings. The molecule has 0 saturated heterocycles. The molecule has 0 fully saturated rings. The van der Waals surface area contributed by atoms with Gasteiger partial charge in [0.15, 0.2) is 0 Å². The molecule has 0 spiro atoms. The van der Waals surface area contributed by atoms with Gasteiger partial charge in [-0.05, 0) is 30.5 Å². The Morgan fingerprint density at radius 2 is 1.94 bits per heavy atom. The van der Waals surface area contributed by atoms with Gasteiger partial charge in [-0.1, -0.05) is 18.2 Å². The van der Waals surface area contributed by atoms with Gasteiger partial charge >= 0.3 is 0 Å². The molecule has 0 saturated carbocycles. The maximum absolute atomic E-state index is 5.62. The topological polar surface area (TPSA) is 27.7 Å². The minimum atomic E-state index is 0.207. The van der Waals surface area contributed by atoms with Gasteiger partial charge < -0.3 is 14.2 Å². The van der Waals surface area contributed by atoms with Crippen molar-refractivity contribution in [1.82, 2.24) is 0 Å². The van der Waals surface area contributed by atoms with Gasteiger partial charge in [-0.2, -0.15) is 0 Å². The highest BCUT2D eigenvalue weighted by Gasteiger charge is 2.04. The van der Waals surface area contributed by atoms with Gasteiger partial charge in [-0.25, -0.2) is 0 Å². The molecule has 0 N–H and O–H groups in total. The van der Waals surface area contributed by atoms with Gasteiger partial charge in [0.2, 0.25) is 0 Å². The van der Waals surface area contributed by atoms with Gasteiger partial charge in [-0.3, -0.25) is 0 Å². The van der Waals surface area contributed by atoms with E-state index in [1.165, 1.54) is 0 Å². The van der Waals surface area contributed by atoms with Crippen LogP contribution in [0.3, 0.4) is 0 Å². The second kappa shape index (κ2) is 8.72. The molecule has 0 unspecified atom stereocenters. The summed E-state index contributed by atoms with van der Waals surface area (Å²) in [4.78, 5) is 0. The molecule has 1 rings (SSSR count). The predicted molar refractivity (Wildman–Crippen MR) is 72.9 cm³/mol. The molecule has 0 aromatic heterocycles. The lowest BCUT2D eigenvalue weighted by Gasteiger charge is -2.13. The first-order chi connectivity index (χ1) is 8.80. The number of ether oxygens (including phenoxy) is 3. The molecule has 1 aromatic rings. The van der Waals surface area contributed by atoms with Gasteiger partial charge in [0, 0.05) is 13.7 Å². The summed E-state index contributed by atoms with van der Waals surface area (Å²) >= 11 is 0. The predicted octanol–water partition coefficient (Wildman–Crippen LogP) is 3.19. The maximum Gasteiger partial charge on any atom is 0.118 e. The molecule has 0 bridgehead atoms. The average Bonchev–Trinajstić information content (AvgIpc) is 2.43. The van der Waals surface area contributed by atoms with Crippen molar-refractivity contribution in [3.8, 4) is 5.75 Å². The van der Waals surface area contributed by atoms with Crippen LogP contribution in [0.4, 0.5) is 0 Å². The van der Waals surface area contributed by atoms with Crippen LogP contribution in [0.15, 0.2) is 36.9 Å². The van der Waals surface area contributed by atoms with E-state index in [9.17, 15) is 0 Å². The fourth-order valence-corrected chi connectivity index (χ4v) is 1.64. The summed E-state index contributed by atoms with van der Waals surface area (Å²) in [6, 6.07) is 7.90. The van der Waals surface area contributed by atoms with Crippen LogP contribution in [-0.4, -0.2) is 26.9 Å². The third-order valence-corrected chi connectivity index (χ3v) is 2.77. The molecule has 1 aromatic carbocycles. The highest BCUT2D eigenvalue weighted by Crippen LogP contribution is 2.12. The van der Waals surface area contributed by atoms with Crippen molar-refractivity contribution < 1.29 is 14.2 Å². The smallest absolute Gasteiger partial charge is 0.118 e. The summed E-state index contributed by atoms with van der Waals surface area (Å²) < 4.78 is 16.0. The van der Waals surface area contributed by atoms with Crippen LogP contribution in [0.1, 0.15) is 18.4 Å². The average molecular weight is 250 g/mol. The summed E-state index contributed by atoms with van der Waals surface area (Å²) in [5.41, 5.74) is 1.15. The van der Waals surface area contributed by atoms with Crippen molar-refractivity contribution in [2.24, 2.45) is 0 Å². The van der Waals surface area contributed by atoms with Crippen LogP contribution in [-0.2, 0) is 16.1 Å². The van der Waals surface area contributed by atoms with Gasteiger partial charge in [0.1, 0.15) is 5.75 Å². The van der Waals surface area contributed by atoms with Crippen molar-refractivity contribution in [3.63, 3.8) is 0 Å². The lowest BCUT2D eigenvalue weighted by Crippen LogP contribution is -2.12. The van der Waals surface area contributed by atoms with E-state index in [2.05, 4.69) is 6.58 Å². The summed E-state index contributed by atoms with van der Waals surface area (Å²) in [7, 11) is 3.38. The SMILES string of the molecule is C=CC[C@H](CCOCc1ccc(OC)cc1)OC. The van der Waals surface area contributed by atoms with Crippen molar-refractivity contribution in [1.29, 1.82) is 0 Å². The molecule has 3 nitrogen and oxygen atoms in total. The minimum absolute atomic E-state index is 0.207. The zero-order chi connectivity index (χ0) is 13.2. The lowest BCUT2D eigenvalue weighted by molar-refractivity contribution is 0.0481. The highest BCUT2D eigenvalue weighted by molar-refractivity contribution is 5.26. The third kappa shape index (κ3) is 5.34. The van der Waals surface area contributed by atoms with Crippen LogP contribution in [0.25, 0.3) is 0 Å². The molecular weight excluding hydrogens is 228 g/mol. The van der Waals surface area contributed by atoms with Gasteiger partial charge in [0.05, 0.1) is 19.8 Å². The number of hydrogen-bond donors (Lipinski definition) is 0. The van der Waals surface area contributed by atoms with Crippen molar-refractivity contribution in [3.05, 3.63) is 42.5 Å². The van der Waals surface area contributed by atoms with E-state index < -0.39 is 0 Å². The number of benzene rings is 1. The Hall–Kier alpha value is -1.32. The number of methoxy groups -OCH3 is 2. The van der Waals surface area contributed by atoms with Crippen molar-refractivity contribution in [2.45, 2.75) is 25.6 Å². The molecule has 1 atom stereocenters. The quantitative estimate of drug-likeness (QED) is 0.497. The monoisotopic (exact) mass is 250 g/mol. The lowest BCUT2D eigenvalue weighted by atomic mass is 10.2. The fraction of sp³-hybridized carbons (Fsp3) is 0.467. The molecule has 18 heavy (non-hydrogen) atoms. The van der Waals surface area contributed by atoms with E-state index in [1.54, 1.807) is 14.2 Å². The van der Waals surface area contributed by atoms with Gasteiger partial charge in [0.25, 0.3) is 0 Å². The number of rotatable bonds is 9. The Kier molecular flexibility index (Phi) is 7.14. The second-order valence-corrected chi connectivity index (χ2v) is 4.07. The number of hydrogen-bond acceptors (Lipinski definition) is 3. The normalized spacial score (nSPS) is 12.1. The molecular formula is C15H22O3. The third-order valence-electron chi connectivity index (χ3n) is 2.77. The van der Waals surface area contributed by atoms with Gasteiger partial charge in [-0.15, -0.1) is 6.58 Å². The van der Waals surface area contributed by atoms with E-state index in [4.69, 9.17) is 14.2 Å². The minimum Gasteiger partial charge on any atom is -0.497 e. The summed E-state index contributed by atoms with van der Waals surface area (Å²) in [6.07, 6.45) is 3.83. The molecule has 0 radical (unpaired) electrons. The van der Waals surface area contributed by atoms with Crippen LogP contribution < -0.4 is 4.74 Å². The molecule has 0 heterocycles. The van der Waals surface area contributed by atoms with E-state index in [-0.39, 0.29) is 6.10 Å². The van der Waals surface area contributed by atoms with Crippen LogP contribution in [0.2, 0.25) is 0 Å². The first-order valence-electron chi connectivity index (χ1n) is 6.14. The second-order valence-electron chi connectivity index (χ2n) is 4.07.